The Morgan fingerprint density at radius 2 is 1.62 bits per heavy atom. The lowest BCUT2D eigenvalue weighted by atomic mass is 9.85. The number of Topliss-reactive ketones (excluding diaryl/α,β-unsaturated/α-hetero) is 1. The molecule has 2 amide bonds. The van der Waals surface area contributed by atoms with E-state index in [-0.39, 0.29) is 49.0 Å². The number of nitrogens with zero attached hydrogens (tertiary/aromatic N) is 1. The topological polar surface area (TPSA) is 80.8 Å². The first-order valence-electron chi connectivity index (χ1n) is 10.4. The van der Waals surface area contributed by atoms with Crippen LogP contribution in [-0.2, 0) is 32.0 Å². The Morgan fingerprint density at radius 1 is 0.966 bits per heavy atom. The van der Waals surface area contributed by atoms with Crippen LogP contribution in [0.3, 0.4) is 0 Å². The van der Waals surface area contributed by atoms with Gasteiger partial charge in [0.1, 0.15) is 0 Å². The van der Waals surface area contributed by atoms with Crippen LogP contribution in [0.15, 0.2) is 30.4 Å². The lowest BCUT2D eigenvalue weighted by molar-refractivity contribution is -0.145. The van der Waals surface area contributed by atoms with Crippen molar-refractivity contribution in [2.75, 3.05) is 13.2 Å². The Labute approximate surface area is 169 Å². The number of likely N-dealkylation sites (tertiary alicyclic amines) is 1. The molecule has 1 aromatic rings. The third-order valence-electron chi connectivity index (χ3n) is 6.17. The van der Waals surface area contributed by atoms with E-state index in [1.165, 1.54) is 22.4 Å². The summed E-state index contributed by atoms with van der Waals surface area (Å²) in [5.74, 6) is -1.82. The first-order valence-corrected chi connectivity index (χ1v) is 10.4. The van der Waals surface area contributed by atoms with Crippen LogP contribution in [0.5, 0.6) is 0 Å². The van der Waals surface area contributed by atoms with E-state index in [0.29, 0.717) is 18.4 Å². The number of aryl methyl sites for hydroxylation is 2. The fourth-order valence-electron chi connectivity index (χ4n) is 4.50. The molecular formula is C23H25NO5. The summed E-state index contributed by atoms with van der Waals surface area (Å²) in [6, 6.07) is 5.68. The second kappa shape index (κ2) is 8.31. The summed E-state index contributed by atoms with van der Waals surface area (Å²) in [6.45, 7) is -0.314. The molecule has 0 aromatic heterocycles. The molecule has 0 saturated carbocycles. The van der Waals surface area contributed by atoms with Crippen molar-refractivity contribution in [2.24, 2.45) is 11.8 Å². The normalized spacial score (nSPS) is 23.0. The molecule has 1 heterocycles. The van der Waals surface area contributed by atoms with E-state index in [2.05, 4.69) is 0 Å². The Hall–Kier alpha value is -2.76. The minimum atomic E-state index is -0.579. The number of hydrogen-bond donors (Lipinski definition) is 0. The summed E-state index contributed by atoms with van der Waals surface area (Å²) in [6.07, 6.45) is 9.24. The fraction of sp³-hybridized carbons (Fsp3) is 0.478. The Morgan fingerprint density at radius 3 is 2.31 bits per heavy atom. The minimum absolute atomic E-state index is 0.0105. The third-order valence-corrected chi connectivity index (χ3v) is 6.17. The highest BCUT2D eigenvalue weighted by Crippen LogP contribution is 2.35. The molecule has 0 N–H and O–H groups in total. The maximum atomic E-state index is 12.4. The quantitative estimate of drug-likeness (QED) is 0.320. The smallest absolute Gasteiger partial charge is 0.308 e. The lowest BCUT2D eigenvalue weighted by Crippen LogP contribution is -2.33. The van der Waals surface area contributed by atoms with Gasteiger partial charge in [-0.05, 0) is 55.7 Å². The summed E-state index contributed by atoms with van der Waals surface area (Å²) in [5, 5.41) is 0. The van der Waals surface area contributed by atoms with Crippen molar-refractivity contribution in [3.05, 3.63) is 47.0 Å². The zero-order valence-electron chi connectivity index (χ0n) is 16.4. The van der Waals surface area contributed by atoms with Gasteiger partial charge in [-0.3, -0.25) is 24.1 Å². The molecule has 2 atom stereocenters. The summed E-state index contributed by atoms with van der Waals surface area (Å²) < 4.78 is 5.10. The highest BCUT2D eigenvalue weighted by Gasteiger charge is 2.46. The molecule has 1 aliphatic heterocycles. The first kappa shape index (κ1) is 19.6. The van der Waals surface area contributed by atoms with Gasteiger partial charge < -0.3 is 4.74 Å². The van der Waals surface area contributed by atoms with E-state index >= 15 is 0 Å². The summed E-state index contributed by atoms with van der Waals surface area (Å²) >= 11 is 0. The van der Waals surface area contributed by atoms with Crippen LogP contribution in [0.4, 0.5) is 0 Å². The molecule has 0 bridgehead atoms. The predicted molar refractivity (Wildman–Crippen MR) is 105 cm³/mol. The Bertz CT molecular complexity index is 861. The van der Waals surface area contributed by atoms with Crippen LogP contribution in [0.2, 0.25) is 0 Å². The molecule has 1 fully saturated rings. The van der Waals surface area contributed by atoms with Crippen molar-refractivity contribution in [3.8, 4) is 0 Å². The van der Waals surface area contributed by atoms with Crippen LogP contribution in [-0.4, -0.2) is 41.6 Å². The molecule has 4 rings (SSSR count). The number of imide groups is 1. The van der Waals surface area contributed by atoms with E-state index in [1.807, 2.05) is 24.3 Å². The van der Waals surface area contributed by atoms with E-state index < -0.39 is 5.97 Å². The van der Waals surface area contributed by atoms with Crippen LogP contribution < -0.4 is 0 Å². The monoisotopic (exact) mass is 395 g/mol. The van der Waals surface area contributed by atoms with Gasteiger partial charge in [-0.1, -0.05) is 24.3 Å². The number of ketones is 1. The molecule has 1 aromatic carbocycles. The number of amides is 2. The van der Waals surface area contributed by atoms with Gasteiger partial charge in [-0.25, -0.2) is 0 Å². The van der Waals surface area contributed by atoms with Crippen molar-refractivity contribution < 1.29 is 23.9 Å². The summed E-state index contributed by atoms with van der Waals surface area (Å²) in [7, 11) is 0. The van der Waals surface area contributed by atoms with Crippen LogP contribution >= 0.6 is 0 Å². The van der Waals surface area contributed by atoms with Gasteiger partial charge in [0.15, 0.2) is 12.4 Å². The molecular weight excluding hydrogens is 370 g/mol. The number of fused-ring (bicyclic) bond motifs is 2. The van der Waals surface area contributed by atoms with Gasteiger partial charge in [-0.15, -0.1) is 0 Å². The molecule has 6 heteroatoms. The van der Waals surface area contributed by atoms with Crippen LogP contribution in [0, 0.1) is 11.8 Å². The average molecular weight is 395 g/mol. The van der Waals surface area contributed by atoms with E-state index in [0.717, 1.165) is 19.3 Å². The lowest BCUT2D eigenvalue weighted by Gasteiger charge is -2.16. The van der Waals surface area contributed by atoms with E-state index in [4.69, 9.17) is 4.74 Å². The highest BCUT2D eigenvalue weighted by atomic mass is 16.5. The molecule has 0 unspecified atom stereocenters. The van der Waals surface area contributed by atoms with Gasteiger partial charge in [-0.2, -0.15) is 0 Å². The van der Waals surface area contributed by atoms with Gasteiger partial charge in [0.25, 0.3) is 0 Å². The number of esters is 1. The zero-order valence-corrected chi connectivity index (χ0v) is 16.4. The Balaban J connectivity index is 1.27. The molecule has 0 radical (unpaired) electrons. The van der Waals surface area contributed by atoms with Crippen molar-refractivity contribution in [1.29, 1.82) is 0 Å². The molecule has 0 spiro atoms. The minimum Gasteiger partial charge on any atom is -0.457 e. The molecule has 2 aliphatic carbocycles. The maximum Gasteiger partial charge on any atom is 0.308 e. The number of allylic oxidation sites excluding steroid dienone is 2. The van der Waals surface area contributed by atoms with E-state index in [9.17, 15) is 19.2 Å². The Kier molecular flexibility index (Phi) is 5.60. The summed E-state index contributed by atoms with van der Waals surface area (Å²) in [5.41, 5.74) is 3.05. The largest absolute Gasteiger partial charge is 0.457 e. The second-order valence-corrected chi connectivity index (χ2v) is 8.01. The SMILES string of the molecule is O=C(CCN1C(=O)[C@H]2CC=CC[C@@H]2C1=O)OCC(=O)c1ccc2c(c1)CCCC2. The number of carbonyl (C=O) groups excluding carboxylic acids is 4. The molecule has 1 saturated heterocycles. The molecule has 29 heavy (non-hydrogen) atoms. The number of carbonyl (C=O) groups is 4. The van der Waals surface area contributed by atoms with Gasteiger partial charge >= 0.3 is 5.97 Å². The first-order chi connectivity index (χ1) is 14.0. The van der Waals surface area contributed by atoms with E-state index in [1.54, 1.807) is 6.07 Å². The predicted octanol–water partition coefficient (Wildman–Crippen LogP) is 2.63. The van der Waals surface area contributed by atoms with Gasteiger partial charge in [0, 0.05) is 12.1 Å². The van der Waals surface area contributed by atoms with Crippen LogP contribution in [0.1, 0.15) is 53.6 Å². The molecule has 6 nitrogen and oxygen atoms in total. The number of benzene rings is 1. The van der Waals surface area contributed by atoms with Gasteiger partial charge in [0.2, 0.25) is 11.8 Å². The fourth-order valence-corrected chi connectivity index (χ4v) is 4.50. The maximum absolute atomic E-state index is 12.4. The van der Waals surface area contributed by atoms with Gasteiger partial charge in [0.05, 0.1) is 18.3 Å². The number of rotatable bonds is 6. The summed E-state index contributed by atoms with van der Waals surface area (Å²) in [4.78, 5) is 50.4. The third kappa shape index (κ3) is 4.02. The number of ether oxygens (including phenoxy) is 1. The number of hydrogen-bond acceptors (Lipinski definition) is 5. The van der Waals surface area contributed by atoms with Crippen molar-refractivity contribution >= 4 is 23.6 Å². The zero-order chi connectivity index (χ0) is 20.4. The average Bonchev–Trinajstić information content (AvgIpc) is 3.00. The van der Waals surface area contributed by atoms with Crippen molar-refractivity contribution in [2.45, 2.75) is 44.9 Å². The highest BCUT2D eigenvalue weighted by molar-refractivity contribution is 6.05. The second-order valence-electron chi connectivity index (χ2n) is 8.01. The standard InChI is InChI=1S/C23H25NO5/c25-20(17-10-9-15-5-1-2-6-16(15)13-17)14-29-21(26)11-12-24-22(27)18-7-3-4-8-19(18)23(24)28/h3-4,9-10,13,18-19H,1-2,5-8,11-12,14H2/t18-,19-/m0/s1. The van der Waals surface area contributed by atoms with Crippen LogP contribution in [0.25, 0.3) is 0 Å². The molecule has 3 aliphatic rings. The van der Waals surface area contributed by atoms with Crippen molar-refractivity contribution in [1.82, 2.24) is 4.90 Å². The molecule has 152 valence electrons. The van der Waals surface area contributed by atoms with Crippen molar-refractivity contribution in [3.63, 3.8) is 0 Å².